The molecular formula is C25H30N4O2S2. The lowest BCUT2D eigenvalue weighted by molar-refractivity contribution is -0.117. The van der Waals surface area contributed by atoms with Gasteiger partial charge in [0, 0.05) is 22.1 Å². The van der Waals surface area contributed by atoms with Gasteiger partial charge >= 0.3 is 0 Å². The summed E-state index contributed by atoms with van der Waals surface area (Å²) in [6.45, 7) is 8.26. The quantitative estimate of drug-likeness (QED) is 0.266. The van der Waals surface area contributed by atoms with Crippen molar-refractivity contribution in [2.45, 2.75) is 59.6 Å². The molecule has 0 saturated heterocycles. The Morgan fingerprint density at radius 2 is 2.06 bits per heavy atom. The Hall–Kier alpha value is -2.45. The Bertz CT molecular complexity index is 1060. The predicted molar refractivity (Wildman–Crippen MR) is 135 cm³/mol. The van der Waals surface area contributed by atoms with Crippen LogP contribution >= 0.6 is 23.5 Å². The van der Waals surface area contributed by atoms with Crippen LogP contribution in [0.25, 0.3) is 0 Å². The van der Waals surface area contributed by atoms with Gasteiger partial charge in [-0.1, -0.05) is 60.8 Å². The molecule has 8 heteroatoms. The van der Waals surface area contributed by atoms with Crippen LogP contribution in [-0.2, 0) is 16.0 Å². The molecule has 4 unspecified atom stereocenters. The van der Waals surface area contributed by atoms with E-state index in [1.54, 1.807) is 11.8 Å². The average molecular weight is 483 g/mol. The normalized spacial score (nSPS) is 26.7. The van der Waals surface area contributed by atoms with Gasteiger partial charge in [-0.3, -0.25) is 4.79 Å². The van der Waals surface area contributed by atoms with Gasteiger partial charge in [0.2, 0.25) is 5.91 Å². The number of hydrogen-bond acceptors (Lipinski definition) is 7. The largest absolute Gasteiger partial charge is 0.494 e. The van der Waals surface area contributed by atoms with Gasteiger partial charge in [-0.25, -0.2) is 9.97 Å². The first-order chi connectivity index (χ1) is 16.0. The number of thioether (sulfide) groups is 2. The van der Waals surface area contributed by atoms with E-state index in [1.165, 1.54) is 24.8 Å². The summed E-state index contributed by atoms with van der Waals surface area (Å²) in [4.78, 5) is 19.6. The molecule has 4 N–H and O–H groups in total. The molecule has 2 fully saturated rings. The van der Waals surface area contributed by atoms with Gasteiger partial charge in [0.05, 0.1) is 12.2 Å². The molecule has 2 aliphatic carbocycles. The summed E-state index contributed by atoms with van der Waals surface area (Å²) < 4.78 is 6.17. The minimum Gasteiger partial charge on any atom is -0.494 e. The maximum Gasteiger partial charge on any atom is 0.221 e. The second-order valence-electron chi connectivity index (χ2n) is 8.49. The van der Waals surface area contributed by atoms with Gasteiger partial charge in [0.1, 0.15) is 22.7 Å². The summed E-state index contributed by atoms with van der Waals surface area (Å²) in [5.41, 5.74) is 13.4. The van der Waals surface area contributed by atoms with E-state index >= 15 is 0 Å². The van der Waals surface area contributed by atoms with E-state index in [1.807, 2.05) is 42.1 Å². The highest BCUT2D eigenvalue weighted by Crippen LogP contribution is 2.71. The molecule has 0 radical (unpaired) electrons. The van der Waals surface area contributed by atoms with E-state index in [0.717, 1.165) is 27.3 Å². The van der Waals surface area contributed by atoms with Gasteiger partial charge in [-0.05, 0) is 30.9 Å². The standard InChI is InChI=1S/C15H17N3OS2.C8H9NO.C2H4/c1-2-15-5-9(15)11-12(16)17-14(18-13(11)21-15)20-6-8-3-7-4-10(7)19-8;9-8(10)6-7-4-2-1-3-5-7;1-2/h3,7,9-10H,2,4-6H2,1H3,(H2,16,17,18);1-5H,6H2,(H2,9,10);1-2H2. The lowest BCUT2D eigenvalue weighted by atomic mass is 10.1. The third-order valence-electron chi connectivity index (χ3n) is 6.24. The van der Waals surface area contributed by atoms with Crippen LogP contribution in [0.15, 0.2) is 65.5 Å². The van der Waals surface area contributed by atoms with Gasteiger partial charge in [0.25, 0.3) is 0 Å². The lowest BCUT2D eigenvalue weighted by Gasteiger charge is -2.09. The average Bonchev–Trinajstić information content (AvgIpc) is 3.65. The first-order valence-corrected chi connectivity index (χ1v) is 13.0. The maximum absolute atomic E-state index is 10.4. The molecule has 1 aromatic carbocycles. The van der Waals surface area contributed by atoms with Gasteiger partial charge in [-0.2, -0.15) is 0 Å². The zero-order chi connectivity index (χ0) is 23.6. The Morgan fingerprint density at radius 1 is 1.30 bits per heavy atom. The molecular weight excluding hydrogens is 452 g/mol. The van der Waals surface area contributed by atoms with Gasteiger partial charge in [-0.15, -0.1) is 13.2 Å². The minimum absolute atomic E-state index is 0.286. The number of nitrogens with two attached hydrogens (primary N) is 2. The van der Waals surface area contributed by atoms with Crippen LogP contribution in [0.1, 0.15) is 43.2 Å². The number of anilines is 1. The molecule has 3 heterocycles. The molecule has 33 heavy (non-hydrogen) atoms. The molecule has 0 bridgehead atoms. The Labute approximate surface area is 203 Å². The summed E-state index contributed by atoms with van der Waals surface area (Å²) in [7, 11) is 0. The van der Waals surface area contributed by atoms with Crippen molar-refractivity contribution in [3.8, 4) is 0 Å². The predicted octanol–water partition coefficient (Wildman–Crippen LogP) is 4.71. The third kappa shape index (κ3) is 5.22. The highest BCUT2D eigenvalue weighted by molar-refractivity contribution is 8.01. The minimum atomic E-state index is -0.286. The smallest absolute Gasteiger partial charge is 0.221 e. The number of primary amides is 1. The first kappa shape index (κ1) is 23.7. The Morgan fingerprint density at radius 3 is 2.70 bits per heavy atom. The van der Waals surface area contributed by atoms with Crippen LogP contribution in [0.3, 0.4) is 0 Å². The molecule has 6 rings (SSSR count). The monoisotopic (exact) mass is 482 g/mol. The summed E-state index contributed by atoms with van der Waals surface area (Å²) in [6, 6.07) is 9.44. The van der Waals surface area contributed by atoms with Crippen LogP contribution in [-0.4, -0.2) is 32.5 Å². The molecule has 1 amide bonds. The number of nitrogens with zero attached hydrogens (tertiary/aromatic N) is 2. The maximum atomic E-state index is 10.4. The van der Waals surface area contributed by atoms with Crippen LogP contribution in [0.2, 0.25) is 0 Å². The number of hydrogen-bond donors (Lipinski definition) is 2. The summed E-state index contributed by atoms with van der Waals surface area (Å²) >= 11 is 3.55. The van der Waals surface area contributed by atoms with E-state index in [9.17, 15) is 4.79 Å². The van der Waals surface area contributed by atoms with Crippen molar-refractivity contribution in [3.63, 3.8) is 0 Å². The molecule has 4 aliphatic rings. The Kier molecular flexibility index (Phi) is 7.05. The summed E-state index contributed by atoms with van der Waals surface area (Å²) in [5, 5.41) is 1.91. The fourth-order valence-corrected chi connectivity index (χ4v) is 6.66. The van der Waals surface area contributed by atoms with Crippen molar-refractivity contribution >= 4 is 35.2 Å². The van der Waals surface area contributed by atoms with E-state index in [-0.39, 0.29) is 5.91 Å². The summed E-state index contributed by atoms with van der Waals surface area (Å²) in [6.07, 6.45) is 6.69. The lowest BCUT2D eigenvalue weighted by Crippen LogP contribution is -2.13. The topological polar surface area (TPSA) is 104 Å². The van der Waals surface area contributed by atoms with E-state index in [4.69, 9.17) is 21.2 Å². The van der Waals surface area contributed by atoms with Gasteiger partial charge in [0.15, 0.2) is 5.16 Å². The molecule has 2 aromatic rings. The van der Waals surface area contributed by atoms with Crippen molar-refractivity contribution in [1.29, 1.82) is 0 Å². The SMILES string of the molecule is C=C.CCC12CC1c1c(N)nc(SCC3=CC4CC4O3)nc1S2.NC(=O)Cc1ccccc1. The zero-order valence-electron chi connectivity index (χ0n) is 18.8. The highest BCUT2D eigenvalue weighted by atomic mass is 32.2. The number of nitrogen functional groups attached to an aromatic ring is 1. The highest BCUT2D eigenvalue weighted by Gasteiger charge is 2.61. The van der Waals surface area contributed by atoms with Crippen molar-refractivity contribution in [1.82, 2.24) is 9.97 Å². The number of aromatic nitrogens is 2. The number of benzene rings is 1. The van der Waals surface area contributed by atoms with Crippen LogP contribution < -0.4 is 11.5 Å². The molecule has 1 aromatic heterocycles. The van der Waals surface area contributed by atoms with Crippen molar-refractivity contribution in [2.24, 2.45) is 11.7 Å². The molecule has 174 valence electrons. The number of ether oxygens (including phenoxy) is 1. The second kappa shape index (κ2) is 9.81. The van der Waals surface area contributed by atoms with Gasteiger partial charge < -0.3 is 16.2 Å². The van der Waals surface area contributed by atoms with Crippen LogP contribution in [0, 0.1) is 5.92 Å². The van der Waals surface area contributed by atoms with Crippen molar-refractivity contribution in [2.75, 3.05) is 11.5 Å². The molecule has 2 saturated carbocycles. The zero-order valence-corrected chi connectivity index (χ0v) is 20.5. The number of carbonyl (C=O) groups excluding carboxylic acids is 1. The number of rotatable bonds is 6. The number of amides is 1. The van der Waals surface area contributed by atoms with Crippen LogP contribution in [0.5, 0.6) is 0 Å². The first-order valence-electron chi connectivity index (χ1n) is 11.2. The molecule has 6 nitrogen and oxygen atoms in total. The molecule has 0 spiro atoms. The fraction of sp³-hybridized carbons (Fsp3) is 0.400. The summed E-state index contributed by atoms with van der Waals surface area (Å²) in [5.74, 6) is 3.58. The second-order valence-corrected chi connectivity index (χ2v) is 10.8. The molecule has 2 aliphatic heterocycles. The van der Waals surface area contributed by atoms with Crippen LogP contribution in [0.4, 0.5) is 5.82 Å². The van der Waals surface area contributed by atoms with E-state index < -0.39 is 0 Å². The van der Waals surface area contributed by atoms with Crippen molar-refractivity contribution < 1.29 is 9.53 Å². The third-order valence-corrected chi connectivity index (χ3v) is 8.76. The number of fused-ring (bicyclic) bond motifs is 4. The Balaban J connectivity index is 0.000000184. The van der Waals surface area contributed by atoms with E-state index in [0.29, 0.717) is 34.9 Å². The fourth-order valence-electron chi connectivity index (χ4n) is 4.32. The number of carbonyl (C=O) groups is 1. The van der Waals surface area contributed by atoms with Crippen molar-refractivity contribution in [3.05, 3.63) is 66.5 Å². The molecule has 4 atom stereocenters. The van der Waals surface area contributed by atoms with E-state index in [2.05, 4.69) is 31.1 Å².